The van der Waals surface area contributed by atoms with E-state index in [1.807, 2.05) is 13.8 Å². The maximum absolute atomic E-state index is 12.8. The zero-order chi connectivity index (χ0) is 27.2. The molecule has 6 rings (SSSR count). The van der Waals surface area contributed by atoms with Crippen LogP contribution in [0.25, 0.3) is 0 Å². The summed E-state index contributed by atoms with van der Waals surface area (Å²) in [5.41, 5.74) is -0.669. The van der Waals surface area contributed by atoms with Crippen molar-refractivity contribution < 1.29 is 48.5 Å². The fourth-order valence-corrected chi connectivity index (χ4v) is 7.26. The van der Waals surface area contributed by atoms with Crippen LogP contribution in [0.3, 0.4) is 0 Å². The Labute approximate surface area is 225 Å². The van der Waals surface area contributed by atoms with E-state index in [9.17, 15) is 15.0 Å². The largest absolute Gasteiger partial charge is 0.435 e. The molecule has 5 aliphatic heterocycles. The van der Waals surface area contributed by atoms with Gasteiger partial charge >= 0.3 is 5.97 Å². The highest BCUT2D eigenvalue weighted by Crippen LogP contribution is 2.60. The minimum Gasteiger partial charge on any atom is -0.435 e. The van der Waals surface area contributed by atoms with Crippen molar-refractivity contribution in [3.63, 3.8) is 0 Å². The standard InChI is InChI=1S/C28H46O10/c1-15-10-11-20-17(3)24(35-26-28(20)19(15)12-13-27(5,36-26)37-38-28)34-23(31)9-7-6-8-16(2)32-25-22(30)14-21(29)18(4)33-25/h15-22,24-26,29-30H,6-14H2,1-5H3/t15-,16+,17-,18+,19+,20+,21-,22-,24+,25-,26-,27-,28-/m1/s1. The van der Waals surface area contributed by atoms with Gasteiger partial charge in [0, 0.05) is 31.1 Å². The summed E-state index contributed by atoms with van der Waals surface area (Å²) in [5.74, 6) is -0.332. The second-order valence-electron chi connectivity index (χ2n) is 12.5. The molecule has 2 bridgehead atoms. The third-order valence-corrected chi connectivity index (χ3v) is 9.64. The third kappa shape index (κ3) is 5.40. The lowest BCUT2D eigenvalue weighted by Crippen LogP contribution is -2.70. The second-order valence-corrected chi connectivity index (χ2v) is 12.5. The number of aliphatic hydroxyl groups is 2. The predicted octanol–water partition coefficient (Wildman–Crippen LogP) is 3.56. The smallest absolute Gasteiger partial charge is 0.308 e. The molecule has 10 nitrogen and oxygen atoms in total. The molecule has 13 atom stereocenters. The molecule has 0 radical (unpaired) electrons. The zero-order valence-electron chi connectivity index (χ0n) is 23.4. The van der Waals surface area contributed by atoms with E-state index in [2.05, 4.69) is 13.8 Å². The maximum Gasteiger partial charge on any atom is 0.308 e. The fourth-order valence-electron chi connectivity index (χ4n) is 7.26. The van der Waals surface area contributed by atoms with E-state index in [1.54, 1.807) is 6.92 Å². The van der Waals surface area contributed by atoms with Gasteiger partial charge in [-0.15, -0.1) is 0 Å². The molecule has 1 aliphatic carbocycles. The van der Waals surface area contributed by atoms with Crippen LogP contribution in [0.2, 0.25) is 0 Å². The average molecular weight is 543 g/mol. The van der Waals surface area contributed by atoms with E-state index in [0.29, 0.717) is 18.8 Å². The van der Waals surface area contributed by atoms with Gasteiger partial charge in [-0.05, 0) is 64.7 Å². The fraction of sp³-hybridized carbons (Fsp3) is 0.964. The molecule has 10 heteroatoms. The molecular formula is C28H46O10. The average Bonchev–Trinajstić information content (AvgIpc) is 3.09. The first-order valence-corrected chi connectivity index (χ1v) is 14.6. The topological polar surface area (TPSA) is 122 Å². The van der Waals surface area contributed by atoms with E-state index in [4.69, 9.17) is 33.5 Å². The summed E-state index contributed by atoms with van der Waals surface area (Å²) in [7, 11) is 0. The number of carbonyl (C=O) groups is 1. The molecule has 2 N–H and O–H groups in total. The van der Waals surface area contributed by atoms with Gasteiger partial charge in [0.05, 0.1) is 18.3 Å². The molecule has 1 saturated carbocycles. The number of hydrogen-bond acceptors (Lipinski definition) is 10. The van der Waals surface area contributed by atoms with Crippen LogP contribution < -0.4 is 0 Å². The van der Waals surface area contributed by atoms with Crippen molar-refractivity contribution >= 4 is 5.97 Å². The van der Waals surface area contributed by atoms with Crippen molar-refractivity contribution in [3.8, 4) is 0 Å². The third-order valence-electron chi connectivity index (χ3n) is 9.64. The predicted molar refractivity (Wildman–Crippen MR) is 133 cm³/mol. The van der Waals surface area contributed by atoms with Gasteiger partial charge in [-0.3, -0.25) is 4.79 Å². The summed E-state index contributed by atoms with van der Waals surface area (Å²) >= 11 is 0. The lowest BCUT2D eigenvalue weighted by molar-refractivity contribution is -0.576. The van der Waals surface area contributed by atoms with Crippen molar-refractivity contribution in [3.05, 3.63) is 0 Å². The Kier molecular flexibility index (Phi) is 8.45. The van der Waals surface area contributed by atoms with Crippen LogP contribution in [0.15, 0.2) is 0 Å². The van der Waals surface area contributed by atoms with Crippen molar-refractivity contribution in [2.75, 3.05) is 0 Å². The van der Waals surface area contributed by atoms with Crippen LogP contribution in [0.5, 0.6) is 0 Å². The van der Waals surface area contributed by atoms with Crippen LogP contribution in [0, 0.1) is 23.7 Å². The molecule has 0 aromatic rings. The number of fused-ring (bicyclic) bond motifs is 2. The number of esters is 1. The first kappa shape index (κ1) is 28.7. The minimum atomic E-state index is -0.859. The minimum absolute atomic E-state index is 0.0453. The summed E-state index contributed by atoms with van der Waals surface area (Å²) < 4.78 is 30.0. The quantitative estimate of drug-likeness (QED) is 0.267. The highest BCUT2D eigenvalue weighted by Gasteiger charge is 2.69. The van der Waals surface area contributed by atoms with E-state index < -0.39 is 42.5 Å². The van der Waals surface area contributed by atoms with Gasteiger partial charge < -0.3 is 33.9 Å². The lowest BCUT2D eigenvalue weighted by atomic mass is 9.58. The Morgan fingerprint density at radius 3 is 2.58 bits per heavy atom. The summed E-state index contributed by atoms with van der Waals surface area (Å²) in [6.45, 7) is 9.91. The molecule has 0 amide bonds. The molecular weight excluding hydrogens is 496 g/mol. The van der Waals surface area contributed by atoms with Crippen molar-refractivity contribution in [2.24, 2.45) is 23.7 Å². The Balaban J connectivity index is 1.10. The molecule has 0 aromatic heterocycles. The highest BCUT2D eigenvalue weighted by atomic mass is 17.3. The van der Waals surface area contributed by atoms with Crippen LogP contribution >= 0.6 is 0 Å². The van der Waals surface area contributed by atoms with Crippen molar-refractivity contribution in [2.45, 2.75) is 147 Å². The van der Waals surface area contributed by atoms with Crippen molar-refractivity contribution in [1.82, 2.24) is 0 Å². The van der Waals surface area contributed by atoms with E-state index in [0.717, 1.165) is 32.1 Å². The Hall–Kier alpha value is -0.850. The summed E-state index contributed by atoms with van der Waals surface area (Å²) in [6.07, 6.45) is 2.24. The molecule has 1 spiro atoms. The Bertz CT molecular complexity index is 840. The maximum atomic E-state index is 12.8. The monoisotopic (exact) mass is 542 g/mol. The first-order valence-electron chi connectivity index (χ1n) is 14.6. The molecule has 5 heterocycles. The molecule has 6 aliphatic rings. The zero-order valence-corrected chi connectivity index (χ0v) is 23.4. The van der Waals surface area contributed by atoms with Crippen LogP contribution in [0.1, 0.15) is 92.4 Å². The van der Waals surface area contributed by atoms with E-state index >= 15 is 0 Å². The van der Waals surface area contributed by atoms with Crippen LogP contribution in [0.4, 0.5) is 0 Å². The Morgan fingerprint density at radius 1 is 1.00 bits per heavy atom. The van der Waals surface area contributed by atoms with E-state index in [1.165, 1.54) is 0 Å². The van der Waals surface area contributed by atoms with Crippen LogP contribution in [-0.2, 0) is 38.3 Å². The molecule has 38 heavy (non-hydrogen) atoms. The number of unbranched alkanes of at least 4 members (excludes halogenated alkanes) is 1. The van der Waals surface area contributed by atoms with Gasteiger partial charge in [-0.2, -0.15) is 0 Å². The molecule has 6 fully saturated rings. The summed E-state index contributed by atoms with van der Waals surface area (Å²) in [5, 5.41) is 19.9. The number of ether oxygens (including phenoxy) is 5. The van der Waals surface area contributed by atoms with Gasteiger partial charge in [-0.1, -0.05) is 20.3 Å². The van der Waals surface area contributed by atoms with Gasteiger partial charge in [0.2, 0.25) is 12.1 Å². The number of aliphatic hydroxyl groups excluding tert-OH is 2. The van der Waals surface area contributed by atoms with Gasteiger partial charge in [0.15, 0.2) is 18.2 Å². The molecule has 5 saturated heterocycles. The summed E-state index contributed by atoms with van der Waals surface area (Å²) in [6, 6.07) is 0. The number of hydrogen-bond donors (Lipinski definition) is 2. The SMILES string of the molecule is C[C@H]1[C@@H](OC(=O)CCCC[C@H](C)O[C@@H]2O[C@@H](C)[C@H](O)C[C@H]2O)O[C@@H]2O[C@@]3(C)CC[C@H]4[C@H](C)CC[C@@H]1[C@@]24OO3. The normalized spacial score (nSPS) is 49.1. The van der Waals surface area contributed by atoms with Crippen molar-refractivity contribution in [1.29, 1.82) is 0 Å². The second kappa shape index (κ2) is 11.2. The molecule has 218 valence electrons. The highest BCUT2D eigenvalue weighted by molar-refractivity contribution is 5.69. The van der Waals surface area contributed by atoms with Gasteiger partial charge in [0.25, 0.3) is 0 Å². The van der Waals surface area contributed by atoms with Gasteiger partial charge in [0.1, 0.15) is 6.10 Å². The summed E-state index contributed by atoms with van der Waals surface area (Å²) in [4.78, 5) is 24.8. The number of carbonyl (C=O) groups excluding carboxylic acids is 1. The lowest BCUT2D eigenvalue weighted by Gasteiger charge is -2.59. The Morgan fingerprint density at radius 2 is 1.79 bits per heavy atom. The molecule has 0 aromatic carbocycles. The van der Waals surface area contributed by atoms with E-state index in [-0.39, 0.29) is 48.8 Å². The van der Waals surface area contributed by atoms with Gasteiger partial charge in [-0.25, -0.2) is 9.78 Å². The number of rotatable bonds is 8. The van der Waals surface area contributed by atoms with Crippen LogP contribution in [-0.4, -0.2) is 70.9 Å². The molecule has 0 unspecified atom stereocenters. The first-order chi connectivity index (χ1) is 18.0.